The van der Waals surface area contributed by atoms with Crippen molar-refractivity contribution in [2.24, 2.45) is 0 Å². The first-order valence-corrected chi connectivity index (χ1v) is 9.99. The maximum absolute atomic E-state index is 12.6. The first-order chi connectivity index (χ1) is 12.8. The molecule has 0 heterocycles. The average Bonchev–Trinajstić information content (AvgIpc) is 3.46. The Morgan fingerprint density at radius 2 is 1.67 bits per heavy atom. The molecule has 3 nitrogen and oxygen atoms in total. The number of hydrogen-bond donors (Lipinski definition) is 0. The standard InChI is InChI=1S/C24H31NO2/c1-16(2)18-6-8-19(9-7-18)20-10-13-23(24(26)27-17(3)4)21(14-20)15-25(5)22-11-12-22/h6-10,13-14,16-17,22H,11-12,15H2,1-5H3. The van der Waals surface area contributed by atoms with Gasteiger partial charge in [0.2, 0.25) is 0 Å². The predicted molar refractivity (Wildman–Crippen MR) is 111 cm³/mol. The Hall–Kier alpha value is -2.13. The lowest BCUT2D eigenvalue weighted by atomic mass is 9.96. The van der Waals surface area contributed by atoms with Crippen molar-refractivity contribution < 1.29 is 9.53 Å². The number of rotatable bonds is 7. The SMILES string of the molecule is CC(C)OC(=O)c1ccc(-c2ccc(C(C)C)cc2)cc1CN(C)C1CC1. The number of benzene rings is 2. The van der Waals surface area contributed by atoms with E-state index in [2.05, 4.69) is 56.1 Å². The molecule has 3 heteroatoms. The lowest BCUT2D eigenvalue weighted by Gasteiger charge is -2.19. The number of esters is 1. The van der Waals surface area contributed by atoms with Crippen LogP contribution in [0.4, 0.5) is 0 Å². The molecule has 0 atom stereocenters. The maximum Gasteiger partial charge on any atom is 0.338 e. The lowest BCUT2D eigenvalue weighted by molar-refractivity contribution is 0.0375. The van der Waals surface area contributed by atoms with Crippen LogP contribution in [-0.4, -0.2) is 30.1 Å². The minimum absolute atomic E-state index is 0.116. The minimum atomic E-state index is -0.231. The summed E-state index contributed by atoms with van der Waals surface area (Å²) >= 11 is 0. The van der Waals surface area contributed by atoms with E-state index in [1.807, 2.05) is 26.0 Å². The summed E-state index contributed by atoms with van der Waals surface area (Å²) in [6.45, 7) is 8.95. The van der Waals surface area contributed by atoms with Gasteiger partial charge in [0.15, 0.2) is 0 Å². The molecule has 3 rings (SSSR count). The third kappa shape index (κ3) is 4.98. The smallest absolute Gasteiger partial charge is 0.338 e. The molecule has 0 saturated heterocycles. The third-order valence-corrected chi connectivity index (χ3v) is 5.17. The molecular weight excluding hydrogens is 334 g/mol. The molecule has 0 radical (unpaired) electrons. The van der Waals surface area contributed by atoms with Crippen LogP contribution < -0.4 is 0 Å². The van der Waals surface area contributed by atoms with Crippen LogP contribution >= 0.6 is 0 Å². The van der Waals surface area contributed by atoms with Crippen molar-refractivity contribution in [2.75, 3.05) is 7.05 Å². The first kappa shape index (κ1) is 19.6. The van der Waals surface area contributed by atoms with Crippen LogP contribution in [0.3, 0.4) is 0 Å². The Morgan fingerprint density at radius 1 is 1.04 bits per heavy atom. The van der Waals surface area contributed by atoms with Crippen LogP contribution in [0.15, 0.2) is 42.5 Å². The van der Waals surface area contributed by atoms with E-state index in [-0.39, 0.29) is 12.1 Å². The Kier molecular flexibility index (Phi) is 6.01. The van der Waals surface area contributed by atoms with Gasteiger partial charge in [-0.05, 0) is 74.0 Å². The van der Waals surface area contributed by atoms with Crippen molar-refractivity contribution in [2.45, 2.75) is 65.1 Å². The van der Waals surface area contributed by atoms with Gasteiger partial charge in [0.05, 0.1) is 11.7 Å². The molecule has 1 aliphatic carbocycles. The summed E-state index contributed by atoms with van der Waals surface area (Å²) in [5.74, 6) is 0.292. The Labute approximate surface area is 163 Å². The molecule has 27 heavy (non-hydrogen) atoms. The summed E-state index contributed by atoms with van der Waals surface area (Å²) < 4.78 is 5.46. The fourth-order valence-electron chi connectivity index (χ4n) is 3.35. The molecule has 2 aromatic carbocycles. The molecule has 0 aromatic heterocycles. The summed E-state index contributed by atoms with van der Waals surface area (Å²) in [6.07, 6.45) is 2.38. The largest absolute Gasteiger partial charge is 0.459 e. The Balaban J connectivity index is 1.92. The molecular formula is C24H31NO2. The fourth-order valence-corrected chi connectivity index (χ4v) is 3.35. The number of ether oxygens (including phenoxy) is 1. The molecule has 1 aliphatic rings. The van der Waals surface area contributed by atoms with E-state index in [1.165, 1.54) is 24.0 Å². The van der Waals surface area contributed by atoms with Crippen LogP contribution in [0.1, 0.15) is 67.9 Å². The summed E-state index contributed by atoms with van der Waals surface area (Å²) in [5, 5.41) is 0. The zero-order chi connectivity index (χ0) is 19.6. The second kappa shape index (κ2) is 8.26. The van der Waals surface area contributed by atoms with Crippen LogP contribution in [0.25, 0.3) is 11.1 Å². The average molecular weight is 366 g/mol. The van der Waals surface area contributed by atoms with E-state index >= 15 is 0 Å². The molecule has 1 saturated carbocycles. The number of hydrogen-bond acceptors (Lipinski definition) is 3. The van der Waals surface area contributed by atoms with Crippen molar-refractivity contribution in [1.82, 2.24) is 4.90 Å². The van der Waals surface area contributed by atoms with Gasteiger partial charge in [-0.25, -0.2) is 4.79 Å². The predicted octanol–water partition coefficient (Wildman–Crippen LogP) is 5.64. The third-order valence-electron chi connectivity index (χ3n) is 5.17. The molecule has 0 bridgehead atoms. The second-order valence-corrected chi connectivity index (χ2v) is 8.25. The normalized spacial score (nSPS) is 14.2. The second-order valence-electron chi connectivity index (χ2n) is 8.25. The van der Waals surface area contributed by atoms with E-state index < -0.39 is 0 Å². The topological polar surface area (TPSA) is 29.5 Å². The van der Waals surface area contributed by atoms with Crippen LogP contribution in [-0.2, 0) is 11.3 Å². The summed E-state index contributed by atoms with van der Waals surface area (Å²) in [5.41, 5.74) is 5.38. The summed E-state index contributed by atoms with van der Waals surface area (Å²) in [7, 11) is 2.14. The first-order valence-electron chi connectivity index (χ1n) is 9.99. The minimum Gasteiger partial charge on any atom is -0.459 e. The van der Waals surface area contributed by atoms with E-state index in [0.717, 1.165) is 17.7 Å². The van der Waals surface area contributed by atoms with Gasteiger partial charge in [0.1, 0.15) is 0 Å². The lowest BCUT2D eigenvalue weighted by Crippen LogP contribution is -2.22. The van der Waals surface area contributed by atoms with Crippen LogP contribution in [0.2, 0.25) is 0 Å². The van der Waals surface area contributed by atoms with Gasteiger partial charge in [0.25, 0.3) is 0 Å². The Morgan fingerprint density at radius 3 is 2.22 bits per heavy atom. The molecule has 0 unspecified atom stereocenters. The monoisotopic (exact) mass is 365 g/mol. The van der Waals surface area contributed by atoms with E-state index in [1.54, 1.807) is 0 Å². The highest BCUT2D eigenvalue weighted by molar-refractivity contribution is 5.92. The van der Waals surface area contributed by atoms with Gasteiger partial charge >= 0.3 is 5.97 Å². The fraction of sp³-hybridized carbons (Fsp3) is 0.458. The number of carbonyl (C=O) groups excluding carboxylic acids is 1. The molecule has 1 fully saturated rings. The van der Waals surface area contributed by atoms with Gasteiger partial charge in [-0.2, -0.15) is 0 Å². The van der Waals surface area contributed by atoms with E-state index in [0.29, 0.717) is 17.5 Å². The Bertz CT molecular complexity index is 789. The van der Waals surface area contributed by atoms with Crippen molar-refractivity contribution in [3.63, 3.8) is 0 Å². The van der Waals surface area contributed by atoms with Gasteiger partial charge < -0.3 is 4.74 Å². The van der Waals surface area contributed by atoms with Crippen molar-refractivity contribution in [3.05, 3.63) is 59.2 Å². The zero-order valence-electron chi connectivity index (χ0n) is 17.2. The molecule has 144 valence electrons. The van der Waals surface area contributed by atoms with Gasteiger partial charge in [-0.15, -0.1) is 0 Å². The van der Waals surface area contributed by atoms with Gasteiger partial charge in [-0.3, -0.25) is 4.90 Å². The highest BCUT2D eigenvalue weighted by Crippen LogP contribution is 2.30. The maximum atomic E-state index is 12.6. The van der Waals surface area contributed by atoms with E-state index in [4.69, 9.17) is 4.74 Å². The number of nitrogens with zero attached hydrogens (tertiary/aromatic N) is 1. The molecule has 0 amide bonds. The zero-order valence-corrected chi connectivity index (χ0v) is 17.2. The molecule has 2 aromatic rings. The van der Waals surface area contributed by atoms with Crippen molar-refractivity contribution in [1.29, 1.82) is 0 Å². The molecule has 0 spiro atoms. The summed E-state index contributed by atoms with van der Waals surface area (Å²) in [6, 6.07) is 15.5. The van der Waals surface area contributed by atoms with Crippen LogP contribution in [0, 0.1) is 0 Å². The summed E-state index contributed by atoms with van der Waals surface area (Å²) in [4.78, 5) is 14.9. The quantitative estimate of drug-likeness (QED) is 0.595. The van der Waals surface area contributed by atoms with Gasteiger partial charge in [-0.1, -0.05) is 44.2 Å². The highest BCUT2D eigenvalue weighted by Gasteiger charge is 2.27. The molecule has 0 N–H and O–H groups in total. The number of carbonyl (C=O) groups is 1. The van der Waals surface area contributed by atoms with Gasteiger partial charge in [0, 0.05) is 12.6 Å². The van der Waals surface area contributed by atoms with Crippen LogP contribution in [0.5, 0.6) is 0 Å². The van der Waals surface area contributed by atoms with E-state index in [9.17, 15) is 4.79 Å². The molecule has 0 aliphatic heterocycles. The van der Waals surface area contributed by atoms with Crippen molar-refractivity contribution >= 4 is 5.97 Å². The van der Waals surface area contributed by atoms with Crippen molar-refractivity contribution in [3.8, 4) is 11.1 Å². The highest BCUT2D eigenvalue weighted by atomic mass is 16.5.